The van der Waals surface area contributed by atoms with E-state index in [4.69, 9.17) is 0 Å². The first-order valence-electron chi connectivity index (χ1n) is 8.33. The standard InChI is InChI=1S/C19H20N4O/c1-2-7-18(24)19(22-13-12-14-8-3-5-10-16(14)22)23-17-11-6-4-9-15(17)20-21-23/h3-6,8-13,18-19,24H,2,7H2,1H3. The molecule has 4 aromatic rings. The number of benzene rings is 2. The van der Waals surface area contributed by atoms with Crippen LogP contribution in [0.3, 0.4) is 0 Å². The third-order valence-electron chi connectivity index (χ3n) is 4.47. The van der Waals surface area contributed by atoms with Crippen molar-refractivity contribution in [3.8, 4) is 0 Å². The van der Waals surface area contributed by atoms with Gasteiger partial charge in [0, 0.05) is 11.7 Å². The average Bonchev–Trinajstić information content (AvgIpc) is 3.21. The summed E-state index contributed by atoms with van der Waals surface area (Å²) in [7, 11) is 0. The first-order chi connectivity index (χ1) is 11.8. The van der Waals surface area contributed by atoms with Crippen molar-refractivity contribution in [2.24, 2.45) is 0 Å². The van der Waals surface area contributed by atoms with E-state index in [0.717, 1.165) is 28.4 Å². The van der Waals surface area contributed by atoms with Gasteiger partial charge in [-0.3, -0.25) is 0 Å². The van der Waals surface area contributed by atoms with E-state index < -0.39 is 6.10 Å². The molecule has 5 heteroatoms. The molecule has 0 fully saturated rings. The molecule has 2 unspecified atom stereocenters. The van der Waals surface area contributed by atoms with Crippen molar-refractivity contribution in [3.63, 3.8) is 0 Å². The molecule has 0 saturated heterocycles. The van der Waals surface area contributed by atoms with Gasteiger partial charge in [-0.1, -0.05) is 48.9 Å². The Hall–Kier alpha value is -2.66. The van der Waals surface area contributed by atoms with Crippen molar-refractivity contribution in [2.45, 2.75) is 32.0 Å². The minimum atomic E-state index is -0.545. The fourth-order valence-corrected chi connectivity index (χ4v) is 3.33. The van der Waals surface area contributed by atoms with Gasteiger partial charge < -0.3 is 9.67 Å². The molecule has 122 valence electrons. The van der Waals surface area contributed by atoms with Gasteiger partial charge in [-0.2, -0.15) is 0 Å². The first-order valence-corrected chi connectivity index (χ1v) is 8.33. The first kappa shape index (κ1) is 14.9. The Labute approximate surface area is 140 Å². The Morgan fingerprint density at radius 3 is 2.58 bits per heavy atom. The maximum absolute atomic E-state index is 10.9. The van der Waals surface area contributed by atoms with Gasteiger partial charge in [0.05, 0.1) is 11.6 Å². The summed E-state index contributed by atoms with van der Waals surface area (Å²) in [6.45, 7) is 2.08. The Bertz CT molecular complexity index is 897. The Morgan fingerprint density at radius 2 is 1.75 bits per heavy atom. The summed E-state index contributed by atoms with van der Waals surface area (Å²) in [6, 6.07) is 18.1. The summed E-state index contributed by atoms with van der Waals surface area (Å²) in [6.07, 6.45) is 2.76. The molecular formula is C19H20N4O. The van der Waals surface area contributed by atoms with E-state index in [2.05, 4.69) is 40.0 Å². The zero-order valence-electron chi connectivity index (χ0n) is 13.6. The molecule has 0 bridgehead atoms. The summed E-state index contributed by atoms with van der Waals surface area (Å²) >= 11 is 0. The van der Waals surface area contributed by atoms with E-state index in [9.17, 15) is 5.11 Å². The van der Waals surface area contributed by atoms with Crippen LogP contribution in [0.1, 0.15) is 25.9 Å². The molecular weight excluding hydrogens is 300 g/mol. The molecule has 0 amide bonds. The van der Waals surface area contributed by atoms with Gasteiger partial charge in [0.25, 0.3) is 0 Å². The number of hydrogen-bond donors (Lipinski definition) is 1. The lowest BCUT2D eigenvalue weighted by Crippen LogP contribution is -2.31. The van der Waals surface area contributed by atoms with Crippen LogP contribution in [0, 0.1) is 0 Å². The number of aliphatic hydroxyl groups excluding tert-OH is 1. The van der Waals surface area contributed by atoms with Gasteiger partial charge in [0.1, 0.15) is 5.52 Å². The van der Waals surface area contributed by atoms with E-state index in [1.54, 1.807) is 0 Å². The average molecular weight is 320 g/mol. The quantitative estimate of drug-likeness (QED) is 0.611. The number of fused-ring (bicyclic) bond motifs is 2. The van der Waals surface area contributed by atoms with Crippen LogP contribution in [0.25, 0.3) is 21.9 Å². The van der Waals surface area contributed by atoms with Crippen LogP contribution >= 0.6 is 0 Å². The van der Waals surface area contributed by atoms with Gasteiger partial charge in [0.2, 0.25) is 0 Å². The highest BCUT2D eigenvalue weighted by atomic mass is 16.3. The Kier molecular flexibility index (Phi) is 3.78. The van der Waals surface area contributed by atoms with E-state index in [1.165, 1.54) is 0 Å². The second kappa shape index (κ2) is 6.09. The highest BCUT2D eigenvalue weighted by molar-refractivity contribution is 5.80. The Morgan fingerprint density at radius 1 is 1.00 bits per heavy atom. The number of aromatic nitrogens is 4. The van der Waals surface area contributed by atoms with E-state index in [0.29, 0.717) is 6.42 Å². The SMILES string of the molecule is CCCC(O)C(n1ccc2ccccc21)n1nnc2ccccc21. The number of rotatable bonds is 5. The summed E-state index contributed by atoms with van der Waals surface area (Å²) in [5, 5.41) is 20.6. The maximum atomic E-state index is 10.9. The lowest BCUT2D eigenvalue weighted by Gasteiger charge is -2.26. The fraction of sp³-hybridized carbons (Fsp3) is 0.263. The number of nitrogens with zero attached hydrogens (tertiary/aromatic N) is 4. The van der Waals surface area contributed by atoms with Gasteiger partial charge in [-0.15, -0.1) is 5.10 Å². The number of para-hydroxylation sites is 2. The molecule has 24 heavy (non-hydrogen) atoms. The minimum Gasteiger partial charge on any atom is -0.389 e. The van der Waals surface area contributed by atoms with Gasteiger partial charge in [-0.25, -0.2) is 4.68 Å². The van der Waals surface area contributed by atoms with Crippen molar-refractivity contribution in [1.82, 2.24) is 19.6 Å². The molecule has 4 rings (SSSR count). The molecule has 2 aromatic carbocycles. The molecule has 0 aliphatic heterocycles. The molecule has 0 aliphatic rings. The largest absolute Gasteiger partial charge is 0.389 e. The molecule has 5 nitrogen and oxygen atoms in total. The highest BCUT2D eigenvalue weighted by Crippen LogP contribution is 2.27. The third-order valence-corrected chi connectivity index (χ3v) is 4.47. The third kappa shape index (κ3) is 2.37. The second-order valence-electron chi connectivity index (χ2n) is 6.07. The van der Waals surface area contributed by atoms with Crippen LogP contribution < -0.4 is 0 Å². The normalized spacial score (nSPS) is 14.2. The number of aliphatic hydroxyl groups is 1. The van der Waals surface area contributed by atoms with Crippen LogP contribution in [-0.4, -0.2) is 30.8 Å². The molecule has 0 spiro atoms. The van der Waals surface area contributed by atoms with Crippen molar-refractivity contribution in [1.29, 1.82) is 0 Å². The molecule has 2 atom stereocenters. The van der Waals surface area contributed by atoms with Crippen LogP contribution in [0.5, 0.6) is 0 Å². The van der Waals surface area contributed by atoms with Crippen molar-refractivity contribution < 1.29 is 5.11 Å². The zero-order chi connectivity index (χ0) is 16.5. The number of hydrogen-bond acceptors (Lipinski definition) is 3. The van der Waals surface area contributed by atoms with Crippen molar-refractivity contribution in [2.75, 3.05) is 0 Å². The van der Waals surface area contributed by atoms with E-state index >= 15 is 0 Å². The Balaban J connectivity index is 1.92. The highest BCUT2D eigenvalue weighted by Gasteiger charge is 2.26. The van der Waals surface area contributed by atoms with Crippen LogP contribution in [0.4, 0.5) is 0 Å². The fourth-order valence-electron chi connectivity index (χ4n) is 3.33. The predicted molar refractivity (Wildman–Crippen MR) is 94.8 cm³/mol. The minimum absolute atomic E-state index is 0.322. The van der Waals surface area contributed by atoms with Crippen LogP contribution in [-0.2, 0) is 0 Å². The molecule has 2 aromatic heterocycles. The van der Waals surface area contributed by atoms with Gasteiger partial charge >= 0.3 is 0 Å². The van der Waals surface area contributed by atoms with E-state index in [-0.39, 0.29) is 6.17 Å². The van der Waals surface area contributed by atoms with Gasteiger partial charge in [0.15, 0.2) is 6.17 Å². The van der Waals surface area contributed by atoms with Crippen molar-refractivity contribution >= 4 is 21.9 Å². The predicted octanol–water partition coefficient (Wildman–Crippen LogP) is 3.59. The molecule has 0 saturated carbocycles. The zero-order valence-corrected chi connectivity index (χ0v) is 13.6. The van der Waals surface area contributed by atoms with E-state index in [1.807, 2.05) is 47.3 Å². The summed E-state index contributed by atoms with van der Waals surface area (Å²) in [5.41, 5.74) is 2.84. The monoisotopic (exact) mass is 320 g/mol. The van der Waals surface area contributed by atoms with Crippen LogP contribution in [0.2, 0.25) is 0 Å². The van der Waals surface area contributed by atoms with Gasteiger partial charge in [-0.05, 0) is 36.1 Å². The second-order valence-corrected chi connectivity index (χ2v) is 6.07. The molecule has 2 heterocycles. The lowest BCUT2D eigenvalue weighted by atomic mass is 10.1. The summed E-state index contributed by atoms with van der Waals surface area (Å²) in [4.78, 5) is 0. The maximum Gasteiger partial charge on any atom is 0.155 e. The van der Waals surface area contributed by atoms with Crippen LogP contribution in [0.15, 0.2) is 60.8 Å². The molecule has 0 aliphatic carbocycles. The summed E-state index contributed by atoms with van der Waals surface area (Å²) < 4.78 is 3.93. The van der Waals surface area contributed by atoms with Crippen molar-refractivity contribution in [3.05, 3.63) is 60.8 Å². The molecule has 0 radical (unpaired) electrons. The topological polar surface area (TPSA) is 55.9 Å². The summed E-state index contributed by atoms with van der Waals surface area (Å²) in [5.74, 6) is 0. The lowest BCUT2D eigenvalue weighted by molar-refractivity contribution is 0.0847. The smallest absolute Gasteiger partial charge is 0.155 e. The molecule has 1 N–H and O–H groups in total.